The molecule has 1 atom stereocenters. The van der Waals surface area contributed by atoms with Crippen LogP contribution in [0, 0.1) is 5.92 Å². The molecule has 2 N–H and O–H groups in total. The van der Waals surface area contributed by atoms with E-state index in [0.717, 1.165) is 19.4 Å². The fourth-order valence-corrected chi connectivity index (χ4v) is 4.45. The molecule has 0 aromatic heterocycles. The van der Waals surface area contributed by atoms with Gasteiger partial charge in [-0.3, -0.25) is 14.4 Å². The molecule has 0 aliphatic carbocycles. The highest BCUT2D eigenvalue weighted by Gasteiger charge is 2.28. The molecule has 4 rings (SSSR count). The van der Waals surface area contributed by atoms with Crippen LogP contribution in [0.2, 0.25) is 5.02 Å². The van der Waals surface area contributed by atoms with E-state index in [1.807, 2.05) is 0 Å². The van der Waals surface area contributed by atoms with Crippen LogP contribution in [0.1, 0.15) is 46.4 Å². The standard InChI is InChI=1S/C25H28ClN3O4/c26-22-6-2-1-5-21(22)24(31)28-19-9-7-18(8-10-19)25(32)29-13-11-17(12-14-29)23(30)27-16-20-4-3-15-33-20/h1-2,5-10,17,20H,3-4,11-16H2,(H,27,30)(H,28,31)/t20-/m0/s1. The Labute approximate surface area is 198 Å². The zero-order valence-corrected chi connectivity index (χ0v) is 19.1. The molecule has 2 aliphatic heterocycles. The molecule has 0 bridgehead atoms. The molecule has 2 aliphatic rings. The summed E-state index contributed by atoms with van der Waals surface area (Å²) in [5, 5.41) is 6.17. The zero-order chi connectivity index (χ0) is 23.2. The second kappa shape index (κ2) is 10.8. The molecule has 2 heterocycles. The monoisotopic (exact) mass is 469 g/mol. The number of carbonyl (C=O) groups is 3. The molecule has 0 saturated carbocycles. The number of amides is 3. The molecule has 0 radical (unpaired) electrons. The van der Waals surface area contributed by atoms with Crippen molar-refractivity contribution in [3.63, 3.8) is 0 Å². The van der Waals surface area contributed by atoms with E-state index in [1.165, 1.54) is 0 Å². The van der Waals surface area contributed by atoms with Gasteiger partial charge < -0.3 is 20.3 Å². The minimum atomic E-state index is -0.306. The van der Waals surface area contributed by atoms with Crippen LogP contribution < -0.4 is 10.6 Å². The van der Waals surface area contributed by atoms with Crippen molar-refractivity contribution >= 4 is 35.0 Å². The number of nitrogens with zero attached hydrogens (tertiary/aromatic N) is 1. The molecule has 2 aromatic carbocycles. The summed E-state index contributed by atoms with van der Waals surface area (Å²) in [6.07, 6.45) is 3.48. The number of anilines is 1. The van der Waals surface area contributed by atoms with E-state index in [-0.39, 0.29) is 29.7 Å². The van der Waals surface area contributed by atoms with Gasteiger partial charge in [0.05, 0.1) is 16.7 Å². The van der Waals surface area contributed by atoms with Crippen LogP contribution in [0.3, 0.4) is 0 Å². The number of carbonyl (C=O) groups excluding carboxylic acids is 3. The first-order valence-electron chi connectivity index (χ1n) is 11.4. The Kier molecular flexibility index (Phi) is 7.62. The first-order valence-corrected chi connectivity index (χ1v) is 11.7. The van der Waals surface area contributed by atoms with Crippen molar-refractivity contribution in [3.05, 3.63) is 64.7 Å². The highest BCUT2D eigenvalue weighted by Crippen LogP contribution is 2.21. The highest BCUT2D eigenvalue weighted by molar-refractivity contribution is 6.34. The second-order valence-electron chi connectivity index (χ2n) is 8.46. The van der Waals surface area contributed by atoms with Gasteiger partial charge in [-0.05, 0) is 62.1 Å². The van der Waals surface area contributed by atoms with E-state index in [4.69, 9.17) is 16.3 Å². The lowest BCUT2D eigenvalue weighted by molar-refractivity contribution is -0.126. The summed E-state index contributed by atoms with van der Waals surface area (Å²) in [5.74, 6) is -0.397. The lowest BCUT2D eigenvalue weighted by Gasteiger charge is -2.31. The topological polar surface area (TPSA) is 87.7 Å². The Morgan fingerprint density at radius 3 is 2.39 bits per heavy atom. The maximum Gasteiger partial charge on any atom is 0.257 e. The summed E-state index contributed by atoms with van der Waals surface area (Å²) in [7, 11) is 0. The Morgan fingerprint density at radius 1 is 1.00 bits per heavy atom. The summed E-state index contributed by atoms with van der Waals surface area (Å²) in [4.78, 5) is 39.5. The Bertz CT molecular complexity index is 997. The van der Waals surface area contributed by atoms with E-state index in [1.54, 1.807) is 53.4 Å². The van der Waals surface area contributed by atoms with Crippen LogP contribution in [0.25, 0.3) is 0 Å². The summed E-state index contributed by atoms with van der Waals surface area (Å²) in [5.41, 5.74) is 1.52. The van der Waals surface area contributed by atoms with Crippen LogP contribution in [-0.2, 0) is 9.53 Å². The second-order valence-corrected chi connectivity index (χ2v) is 8.87. The Morgan fingerprint density at radius 2 is 1.73 bits per heavy atom. The van der Waals surface area contributed by atoms with Crippen LogP contribution in [0.5, 0.6) is 0 Å². The highest BCUT2D eigenvalue weighted by atomic mass is 35.5. The third-order valence-corrected chi connectivity index (χ3v) is 6.52. The lowest BCUT2D eigenvalue weighted by atomic mass is 9.95. The number of likely N-dealkylation sites (tertiary alicyclic amines) is 1. The van der Waals surface area contributed by atoms with E-state index in [0.29, 0.717) is 54.3 Å². The molecule has 0 spiro atoms. The van der Waals surface area contributed by atoms with Crippen LogP contribution in [0.15, 0.2) is 48.5 Å². The first-order chi connectivity index (χ1) is 16.0. The van der Waals surface area contributed by atoms with Gasteiger partial charge in [-0.25, -0.2) is 0 Å². The maximum absolute atomic E-state index is 12.9. The van der Waals surface area contributed by atoms with Gasteiger partial charge in [0.1, 0.15) is 0 Å². The van der Waals surface area contributed by atoms with E-state index in [2.05, 4.69) is 10.6 Å². The quantitative estimate of drug-likeness (QED) is 0.674. The third kappa shape index (κ3) is 5.92. The number of piperidine rings is 1. The number of rotatable bonds is 6. The minimum Gasteiger partial charge on any atom is -0.376 e. The van der Waals surface area contributed by atoms with Crippen molar-refractivity contribution in [2.75, 3.05) is 31.6 Å². The van der Waals surface area contributed by atoms with E-state index >= 15 is 0 Å². The normalized spacial score (nSPS) is 18.7. The number of halogens is 1. The molecule has 33 heavy (non-hydrogen) atoms. The van der Waals surface area contributed by atoms with Crippen molar-refractivity contribution in [1.29, 1.82) is 0 Å². The zero-order valence-electron chi connectivity index (χ0n) is 18.4. The van der Waals surface area contributed by atoms with Gasteiger partial charge in [-0.1, -0.05) is 23.7 Å². The average molecular weight is 470 g/mol. The molecule has 2 fully saturated rings. The van der Waals surface area contributed by atoms with Gasteiger partial charge in [0.2, 0.25) is 5.91 Å². The maximum atomic E-state index is 12.9. The van der Waals surface area contributed by atoms with Crippen molar-refractivity contribution in [3.8, 4) is 0 Å². The molecule has 2 aromatic rings. The molecule has 0 unspecified atom stereocenters. The molecule has 174 valence electrons. The van der Waals surface area contributed by atoms with Gasteiger partial charge in [0.25, 0.3) is 11.8 Å². The summed E-state index contributed by atoms with van der Waals surface area (Å²) < 4.78 is 5.55. The predicted octanol–water partition coefficient (Wildman–Crippen LogP) is 3.74. The van der Waals surface area contributed by atoms with Gasteiger partial charge >= 0.3 is 0 Å². The average Bonchev–Trinajstić information content (AvgIpc) is 3.37. The number of benzene rings is 2. The van der Waals surface area contributed by atoms with Crippen LogP contribution >= 0.6 is 11.6 Å². The van der Waals surface area contributed by atoms with Gasteiger partial charge in [-0.2, -0.15) is 0 Å². The third-order valence-electron chi connectivity index (χ3n) is 6.19. The van der Waals surface area contributed by atoms with Gasteiger partial charge in [-0.15, -0.1) is 0 Å². The van der Waals surface area contributed by atoms with E-state index < -0.39 is 0 Å². The van der Waals surface area contributed by atoms with Crippen molar-refractivity contribution in [2.24, 2.45) is 5.92 Å². The summed E-state index contributed by atoms with van der Waals surface area (Å²) >= 11 is 6.07. The van der Waals surface area contributed by atoms with Crippen molar-refractivity contribution < 1.29 is 19.1 Å². The van der Waals surface area contributed by atoms with Crippen molar-refractivity contribution in [2.45, 2.75) is 31.8 Å². The molecule has 7 nitrogen and oxygen atoms in total. The van der Waals surface area contributed by atoms with Gasteiger partial charge in [0.15, 0.2) is 0 Å². The lowest BCUT2D eigenvalue weighted by Crippen LogP contribution is -2.44. The van der Waals surface area contributed by atoms with Crippen LogP contribution in [0.4, 0.5) is 5.69 Å². The summed E-state index contributed by atoms with van der Waals surface area (Å²) in [6, 6.07) is 13.6. The van der Waals surface area contributed by atoms with Crippen molar-refractivity contribution in [1.82, 2.24) is 10.2 Å². The largest absolute Gasteiger partial charge is 0.376 e. The number of ether oxygens (including phenoxy) is 1. The molecular weight excluding hydrogens is 442 g/mol. The smallest absolute Gasteiger partial charge is 0.257 e. The fourth-order valence-electron chi connectivity index (χ4n) is 4.23. The number of nitrogens with one attached hydrogen (secondary N) is 2. The van der Waals surface area contributed by atoms with E-state index in [9.17, 15) is 14.4 Å². The molecule has 2 saturated heterocycles. The summed E-state index contributed by atoms with van der Waals surface area (Å²) in [6.45, 7) is 2.43. The fraction of sp³-hybridized carbons (Fsp3) is 0.400. The molecule has 8 heteroatoms. The SMILES string of the molecule is O=C(Nc1ccc(C(=O)N2CCC(C(=O)NC[C@@H]3CCCO3)CC2)cc1)c1ccccc1Cl. The first kappa shape index (κ1) is 23.3. The molecule has 3 amide bonds. The number of hydrogen-bond donors (Lipinski definition) is 2. The van der Waals surface area contributed by atoms with Crippen LogP contribution in [-0.4, -0.2) is 55.0 Å². The Balaban J connectivity index is 1.26. The number of hydrogen-bond acceptors (Lipinski definition) is 4. The Hall–Kier alpha value is -2.90. The predicted molar refractivity (Wildman–Crippen MR) is 126 cm³/mol. The molecular formula is C25H28ClN3O4. The minimum absolute atomic E-state index is 0.0520. The van der Waals surface area contributed by atoms with Gasteiger partial charge in [0, 0.05) is 43.4 Å².